The highest BCUT2D eigenvalue weighted by molar-refractivity contribution is 6.31. The second-order valence-corrected chi connectivity index (χ2v) is 7.99. The van der Waals surface area contributed by atoms with Gasteiger partial charge in [-0.1, -0.05) is 24.4 Å². The third kappa shape index (κ3) is 4.73. The molecule has 1 aromatic carbocycles. The molecular weight excluding hydrogens is 401 g/mol. The lowest BCUT2D eigenvalue weighted by Gasteiger charge is -2.37. The zero-order chi connectivity index (χ0) is 19.4. The Bertz CT molecular complexity index is 729. The van der Waals surface area contributed by atoms with Crippen LogP contribution in [0.3, 0.4) is 0 Å². The Morgan fingerprint density at radius 2 is 2.14 bits per heavy atom. The van der Waals surface area contributed by atoms with Gasteiger partial charge in [-0.05, 0) is 43.9 Å². The van der Waals surface area contributed by atoms with Crippen molar-refractivity contribution < 1.29 is 14.3 Å². The maximum Gasteiger partial charge on any atom is 0.227 e. The van der Waals surface area contributed by atoms with Crippen LogP contribution in [-0.4, -0.2) is 38.6 Å². The number of anilines is 1. The van der Waals surface area contributed by atoms with Crippen LogP contribution in [0.5, 0.6) is 5.75 Å². The number of hydrogen-bond donors (Lipinski definition) is 3. The number of methoxy groups -OCH3 is 1. The van der Waals surface area contributed by atoms with Gasteiger partial charge in [0.15, 0.2) is 0 Å². The maximum absolute atomic E-state index is 12.8. The molecule has 1 aliphatic carbocycles. The van der Waals surface area contributed by atoms with E-state index in [4.69, 9.17) is 16.3 Å². The lowest BCUT2D eigenvalue weighted by atomic mass is 9.67. The molecule has 2 amide bonds. The van der Waals surface area contributed by atoms with Gasteiger partial charge < -0.3 is 20.7 Å². The van der Waals surface area contributed by atoms with Gasteiger partial charge in [-0.2, -0.15) is 0 Å². The third-order valence-corrected chi connectivity index (χ3v) is 6.29. The van der Waals surface area contributed by atoms with Gasteiger partial charge in [0.05, 0.1) is 18.2 Å². The number of hydrogen-bond acceptors (Lipinski definition) is 4. The minimum atomic E-state index is -0.286. The van der Waals surface area contributed by atoms with E-state index in [1.165, 1.54) is 13.5 Å². The molecule has 6 nitrogen and oxygen atoms in total. The fourth-order valence-electron chi connectivity index (χ4n) is 4.30. The zero-order valence-electron chi connectivity index (χ0n) is 16.4. The number of nitrogens with one attached hydrogen (secondary N) is 3. The molecule has 3 rings (SSSR count). The topological polar surface area (TPSA) is 79.5 Å². The number of rotatable bonds is 6. The van der Waals surface area contributed by atoms with Crippen molar-refractivity contribution in [1.82, 2.24) is 10.6 Å². The van der Waals surface area contributed by atoms with Gasteiger partial charge in [-0.3, -0.25) is 9.59 Å². The van der Waals surface area contributed by atoms with Crippen molar-refractivity contribution in [2.75, 3.05) is 32.1 Å². The molecule has 156 valence electrons. The summed E-state index contributed by atoms with van der Waals surface area (Å²) >= 11 is 6.09. The van der Waals surface area contributed by atoms with Crippen LogP contribution in [0.25, 0.3) is 0 Å². The summed E-state index contributed by atoms with van der Waals surface area (Å²) in [4.78, 5) is 25.1. The van der Waals surface area contributed by atoms with Gasteiger partial charge in [0, 0.05) is 30.6 Å². The van der Waals surface area contributed by atoms with Crippen LogP contribution in [0.1, 0.15) is 37.7 Å². The molecule has 1 aromatic rings. The Morgan fingerprint density at radius 3 is 2.89 bits per heavy atom. The summed E-state index contributed by atoms with van der Waals surface area (Å²) in [7, 11) is 1.53. The van der Waals surface area contributed by atoms with Crippen LogP contribution in [0.15, 0.2) is 12.1 Å². The summed E-state index contributed by atoms with van der Waals surface area (Å²) in [5, 5.41) is 9.79. The standard InChI is InChI=1S/C20H28ClN3O3.ClH/c1-13-9-16(17(27-2)10-15(13)21)24-18(25)6-8-23-19(26)20-7-4-3-5-14(20)11-22-12-20;/h9-10,14,22H,3-8,11-12H2,1-2H3,(H,23,26)(H,24,25);1H/t14-,20+;/m0./s1. The first-order valence-electron chi connectivity index (χ1n) is 9.59. The smallest absolute Gasteiger partial charge is 0.227 e. The first-order chi connectivity index (χ1) is 13.0. The molecule has 1 saturated carbocycles. The van der Waals surface area contributed by atoms with Crippen LogP contribution >= 0.6 is 24.0 Å². The summed E-state index contributed by atoms with van der Waals surface area (Å²) in [5.74, 6) is 0.854. The molecule has 1 heterocycles. The molecule has 0 unspecified atom stereocenters. The molecule has 0 spiro atoms. The molecule has 0 bridgehead atoms. The highest BCUT2D eigenvalue weighted by Gasteiger charge is 2.49. The van der Waals surface area contributed by atoms with Crippen molar-refractivity contribution in [3.8, 4) is 5.75 Å². The second-order valence-electron chi connectivity index (χ2n) is 7.59. The van der Waals surface area contributed by atoms with E-state index >= 15 is 0 Å². The molecule has 0 aromatic heterocycles. The Balaban J connectivity index is 0.00000280. The third-order valence-electron chi connectivity index (χ3n) is 5.88. The molecule has 2 aliphatic rings. The van der Waals surface area contributed by atoms with E-state index in [-0.39, 0.29) is 36.1 Å². The van der Waals surface area contributed by atoms with Crippen LogP contribution in [-0.2, 0) is 9.59 Å². The van der Waals surface area contributed by atoms with Gasteiger partial charge in [0.1, 0.15) is 5.75 Å². The number of halogens is 2. The van der Waals surface area contributed by atoms with Crippen molar-refractivity contribution in [1.29, 1.82) is 0 Å². The van der Waals surface area contributed by atoms with E-state index in [0.29, 0.717) is 28.9 Å². The average Bonchev–Trinajstić information content (AvgIpc) is 3.09. The second kappa shape index (κ2) is 9.81. The number of amides is 2. The maximum atomic E-state index is 12.8. The van der Waals surface area contributed by atoms with E-state index in [1.807, 2.05) is 6.92 Å². The Hall–Kier alpha value is -1.50. The number of carbonyl (C=O) groups excluding carboxylic acids is 2. The minimum absolute atomic E-state index is 0. The van der Waals surface area contributed by atoms with Crippen LogP contribution in [0.2, 0.25) is 5.02 Å². The molecule has 2 fully saturated rings. The van der Waals surface area contributed by atoms with Crippen molar-refractivity contribution >= 4 is 41.5 Å². The predicted octanol–water partition coefficient (Wildman–Crippen LogP) is 3.30. The van der Waals surface area contributed by atoms with E-state index in [9.17, 15) is 9.59 Å². The summed E-state index contributed by atoms with van der Waals surface area (Å²) in [6, 6.07) is 3.47. The summed E-state index contributed by atoms with van der Waals surface area (Å²) in [6.45, 7) is 3.86. The van der Waals surface area contributed by atoms with E-state index in [0.717, 1.165) is 37.9 Å². The first-order valence-corrected chi connectivity index (χ1v) is 9.97. The normalized spacial score (nSPS) is 23.3. The van der Waals surface area contributed by atoms with Gasteiger partial charge in [0.25, 0.3) is 0 Å². The lowest BCUT2D eigenvalue weighted by Crippen LogP contribution is -2.48. The average molecular weight is 430 g/mol. The van der Waals surface area contributed by atoms with Crippen molar-refractivity contribution in [2.45, 2.75) is 39.0 Å². The summed E-state index contributed by atoms with van der Waals surface area (Å²) in [6.07, 6.45) is 4.55. The molecule has 1 aliphatic heterocycles. The van der Waals surface area contributed by atoms with Crippen LogP contribution < -0.4 is 20.7 Å². The monoisotopic (exact) mass is 429 g/mol. The van der Waals surface area contributed by atoms with E-state index in [1.54, 1.807) is 12.1 Å². The van der Waals surface area contributed by atoms with Gasteiger partial charge in [-0.15, -0.1) is 12.4 Å². The van der Waals surface area contributed by atoms with Crippen molar-refractivity contribution in [2.24, 2.45) is 11.3 Å². The molecular formula is C20H29Cl2N3O3. The highest BCUT2D eigenvalue weighted by atomic mass is 35.5. The molecule has 1 saturated heterocycles. The fraction of sp³-hybridized carbons (Fsp3) is 0.600. The highest BCUT2D eigenvalue weighted by Crippen LogP contribution is 2.43. The molecule has 0 radical (unpaired) electrons. The molecule has 3 N–H and O–H groups in total. The Labute approximate surface area is 177 Å². The van der Waals surface area contributed by atoms with Crippen molar-refractivity contribution in [3.05, 3.63) is 22.7 Å². The lowest BCUT2D eigenvalue weighted by molar-refractivity contribution is -0.134. The van der Waals surface area contributed by atoms with Gasteiger partial charge in [0.2, 0.25) is 11.8 Å². The summed E-state index contributed by atoms with van der Waals surface area (Å²) < 4.78 is 5.27. The molecule has 8 heteroatoms. The fourth-order valence-corrected chi connectivity index (χ4v) is 4.45. The van der Waals surface area contributed by atoms with Crippen LogP contribution in [0, 0.1) is 18.3 Å². The number of benzene rings is 1. The Kier molecular flexibility index (Phi) is 7.98. The predicted molar refractivity (Wildman–Crippen MR) is 114 cm³/mol. The number of aryl methyl sites for hydroxylation is 1. The first kappa shape index (κ1) is 22.8. The quantitative estimate of drug-likeness (QED) is 0.647. The largest absolute Gasteiger partial charge is 0.495 e. The molecule has 2 atom stereocenters. The SMILES string of the molecule is COc1cc(Cl)c(C)cc1NC(=O)CCNC(=O)[C@@]12CCCC[C@H]1CNC2.Cl. The summed E-state index contributed by atoms with van der Waals surface area (Å²) in [5.41, 5.74) is 1.16. The number of ether oxygens (including phenoxy) is 1. The van der Waals surface area contributed by atoms with Crippen molar-refractivity contribution in [3.63, 3.8) is 0 Å². The van der Waals surface area contributed by atoms with Crippen LogP contribution in [0.4, 0.5) is 5.69 Å². The zero-order valence-corrected chi connectivity index (χ0v) is 18.0. The number of fused-ring (bicyclic) bond motifs is 1. The van der Waals surface area contributed by atoms with E-state index in [2.05, 4.69) is 16.0 Å². The van der Waals surface area contributed by atoms with Gasteiger partial charge in [-0.25, -0.2) is 0 Å². The number of carbonyl (C=O) groups is 2. The molecule has 28 heavy (non-hydrogen) atoms. The van der Waals surface area contributed by atoms with E-state index < -0.39 is 0 Å². The Morgan fingerprint density at radius 1 is 1.36 bits per heavy atom. The minimum Gasteiger partial charge on any atom is -0.495 e. The van der Waals surface area contributed by atoms with Gasteiger partial charge >= 0.3 is 0 Å².